The minimum atomic E-state index is -0.765. The Morgan fingerprint density at radius 1 is 0.805 bits per heavy atom. The van der Waals surface area contributed by atoms with Gasteiger partial charge in [-0.15, -0.1) is 0 Å². The van der Waals surface area contributed by atoms with E-state index in [2.05, 4.69) is 29.8 Å². The van der Waals surface area contributed by atoms with Crippen molar-refractivity contribution >= 4 is 18.0 Å². The molecule has 11 nitrogen and oxygen atoms in total. The summed E-state index contributed by atoms with van der Waals surface area (Å²) < 4.78 is 10.2. The molecule has 1 rings (SSSR count). The number of ether oxygens (including phenoxy) is 2. The van der Waals surface area contributed by atoms with Crippen LogP contribution in [0.15, 0.2) is 55.7 Å². The fraction of sp³-hybridized carbons (Fsp3) is 0.533. The third kappa shape index (κ3) is 17.4. The highest BCUT2D eigenvalue weighted by molar-refractivity contribution is 5.92. The molecule has 1 aromatic rings. The van der Waals surface area contributed by atoms with Gasteiger partial charge in [-0.1, -0.05) is 58.7 Å². The summed E-state index contributed by atoms with van der Waals surface area (Å²) in [4.78, 5) is 21.6. The molecule has 0 aliphatic carbocycles. The number of aliphatic hydroxyl groups excluding tert-OH is 6. The summed E-state index contributed by atoms with van der Waals surface area (Å²) in [6.45, 7) is 16.5. The van der Waals surface area contributed by atoms with E-state index >= 15 is 0 Å². The molecule has 0 heterocycles. The molecule has 0 bridgehead atoms. The fourth-order valence-corrected chi connectivity index (χ4v) is 2.15. The molecule has 1 aromatic carbocycles. The van der Waals surface area contributed by atoms with Crippen LogP contribution in [0.25, 0.3) is 6.08 Å². The molecular weight excluding hydrogens is 534 g/mol. The van der Waals surface area contributed by atoms with E-state index in [-0.39, 0.29) is 65.3 Å². The molecule has 0 aromatic heterocycles. The lowest BCUT2D eigenvalue weighted by Crippen LogP contribution is -2.40. The van der Waals surface area contributed by atoms with Gasteiger partial charge in [-0.25, -0.2) is 4.79 Å². The quantitative estimate of drug-likeness (QED) is 0.110. The monoisotopic (exact) mass is 583 g/mol. The third-order valence-corrected chi connectivity index (χ3v) is 5.79. The summed E-state index contributed by atoms with van der Waals surface area (Å²) in [6, 6.07) is 7.48. The van der Waals surface area contributed by atoms with Crippen molar-refractivity contribution in [3.05, 3.63) is 61.2 Å². The van der Waals surface area contributed by atoms with Gasteiger partial charge >= 0.3 is 5.97 Å². The molecule has 0 spiro atoms. The lowest BCUT2D eigenvalue weighted by Gasteiger charge is -2.24. The predicted molar refractivity (Wildman–Crippen MR) is 158 cm³/mol. The van der Waals surface area contributed by atoms with E-state index in [1.165, 1.54) is 0 Å². The molecule has 0 fully saturated rings. The highest BCUT2D eigenvalue weighted by Gasteiger charge is 2.25. The second-order valence-electron chi connectivity index (χ2n) is 10.7. The van der Waals surface area contributed by atoms with Crippen molar-refractivity contribution in [3.8, 4) is 5.75 Å². The van der Waals surface area contributed by atoms with Crippen molar-refractivity contribution in [2.45, 2.75) is 27.7 Å². The van der Waals surface area contributed by atoms with E-state index in [0.717, 1.165) is 17.4 Å². The first-order chi connectivity index (χ1) is 19.2. The van der Waals surface area contributed by atoms with E-state index in [4.69, 9.17) is 35.4 Å². The summed E-state index contributed by atoms with van der Waals surface area (Å²) in [6.07, 6.45) is 2.80. The average molecular weight is 584 g/mol. The van der Waals surface area contributed by atoms with Crippen LogP contribution in [-0.4, -0.2) is 102 Å². The smallest absolute Gasteiger partial charge is 0.330 e. The van der Waals surface area contributed by atoms with Crippen LogP contribution in [0, 0.1) is 16.2 Å². The number of nitrogens with one attached hydrogen (secondary N) is 1. The largest absolute Gasteiger partial charge is 0.493 e. The number of benzene rings is 1. The Bertz CT molecular complexity index is 918. The molecule has 0 saturated carbocycles. The molecule has 0 saturated heterocycles. The van der Waals surface area contributed by atoms with E-state index in [1.807, 2.05) is 24.3 Å². The second kappa shape index (κ2) is 20.8. The van der Waals surface area contributed by atoms with Crippen LogP contribution in [0.3, 0.4) is 0 Å². The van der Waals surface area contributed by atoms with Crippen molar-refractivity contribution in [2.75, 3.05) is 59.4 Å². The van der Waals surface area contributed by atoms with Crippen LogP contribution in [0.2, 0.25) is 0 Å². The summed E-state index contributed by atoms with van der Waals surface area (Å²) >= 11 is 0. The molecule has 0 aliphatic rings. The maximum atomic E-state index is 11.0. The van der Waals surface area contributed by atoms with Gasteiger partial charge in [0.1, 0.15) is 12.4 Å². The maximum Gasteiger partial charge on any atom is 0.330 e. The minimum Gasteiger partial charge on any atom is -0.493 e. The number of carbonyl (C=O) groups excluding carboxylic acids is 2. The average Bonchev–Trinajstić information content (AvgIpc) is 3.01. The van der Waals surface area contributed by atoms with Crippen LogP contribution >= 0.6 is 0 Å². The molecule has 41 heavy (non-hydrogen) atoms. The van der Waals surface area contributed by atoms with Gasteiger partial charge < -0.3 is 45.4 Å². The Kier molecular flexibility index (Phi) is 20.3. The number of aliphatic hydroxyl groups is 6. The van der Waals surface area contributed by atoms with Crippen LogP contribution < -0.4 is 10.1 Å². The molecule has 0 aliphatic heterocycles. The van der Waals surface area contributed by atoms with Gasteiger partial charge in [0.05, 0.1) is 46.2 Å². The fourth-order valence-electron chi connectivity index (χ4n) is 2.15. The highest BCUT2D eigenvalue weighted by atomic mass is 16.5. The Balaban J connectivity index is 0. The molecule has 234 valence electrons. The van der Waals surface area contributed by atoms with Crippen LogP contribution in [0.1, 0.15) is 33.3 Å². The number of hydrogen-bond donors (Lipinski definition) is 7. The molecule has 1 amide bonds. The van der Waals surface area contributed by atoms with E-state index in [0.29, 0.717) is 5.57 Å². The topological polar surface area (TPSA) is 186 Å². The van der Waals surface area contributed by atoms with Crippen LogP contribution in [-0.2, 0) is 14.3 Å². The second-order valence-corrected chi connectivity index (χ2v) is 10.7. The van der Waals surface area contributed by atoms with E-state index in [9.17, 15) is 9.59 Å². The minimum absolute atomic E-state index is 0.00907. The Morgan fingerprint density at radius 2 is 1.24 bits per heavy atom. The molecule has 7 N–H and O–H groups in total. The lowest BCUT2D eigenvalue weighted by atomic mass is 9.93. The van der Waals surface area contributed by atoms with Crippen LogP contribution in [0.5, 0.6) is 5.75 Å². The summed E-state index contributed by atoms with van der Waals surface area (Å²) in [5.41, 5.74) is -0.585. The molecule has 0 atom stereocenters. The lowest BCUT2D eigenvalue weighted by molar-refractivity contribution is -0.143. The standard InChI is InChI=1S/C13H18O3.C9H17NO3.C8H14O4/c1-3-11-4-6-12(7-5-11)16-10-13(2,8-14)9-15;1-7(2)8(13)10-4-9(3,5-11)6-12;1-3-7(11)12-6-8(2,4-9)5-10/h3-7,14-15H,1,8-10H2,2H3;11-12H,1,4-6H2,2-3H3,(H,10,13);3,9-10H,1,4-6H2,2H3. The van der Waals surface area contributed by atoms with Crippen molar-refractivity contribution in [3.63, 3.8) is 0 Å². The molecular formula is C30H49NO10. The van der Waals surface area contributed by atoms with Crippen molar-refractivity contribution in [1.82, 2.24) is 5.32 Å². The normalized spacial score (nSPS) is 11.1. The van der Waals surface area contributed by atoms with E-state index < -0.39 is 22.2 Å². The summed E-state index contributed by atoms with van der Waals surface area (Å²) in [5.74, 6) is -0.0880. The first-order valence-corrected chi connectivity index (χ1v) is 12.9. The van der Waals surface area contributed by atoms with E-state index in [1.54, 1.807) is 33.8 Å². The number of esters is 1. The zero-order valence-electron chi connectivity index (χ0n) is 24.8. The number of carbonyl (C=O) groups is 2. The van der Waals surface area contributed by atoms with Crippen molar-refractivity contribution in [1.29, 1.82) is 0 Å². The first kappa shape index (κ1) is 40.1. The van der Waals surface area contributed by atoms with Gasteiger partial charge in [0, 0.05) is 34.4 Å². The van der Waals surface area contributed by atoms with Gasteiger partial charge in [-0.3, -0.25) is 4.79 Å². The Hall–Kier alpha value is -3.06. The van der Waals surface area contributed by atoms with Gasteiger partial charge in [0.2, 0.25) is 5.91 Å². The SMILES string of the molecule is C=C(C)C(=O)NCC(C)(CO)CO.C=CC(=O)OCC(C)(CO)CO.C=Cc1ccc(OCC(C)(CO)CO)cc1. The van der Waals surface area contributed by atoms with Gasteiger partial charge in [-0.2, -0.15) is 0 Å². The number of amides is 1. The third-order valence-electron chi connectivity index (χ3n) is 5.79. The molecule has 0 radical (unpaired) electrons. The van der Waals surface area contributed by atoms with Crippen molar-refractivity contribution < 1.29 is 49.7 Å². The van der Waals surface area contributed by atoms with Crippen LogP contribution in [0.4, 0.5) is 0 Å². The van der Waals surface area contributed by atoms with Gasteiger partial charge in [-0.05, 0) is 24.6 Å². The highest BCUT2D eigenvalue weighted by Crippen LogP contribution is 2.19. The van der Waals surface area contributed by atoms with Crippen molar-refractivity contribution in [2.24, 2.45) is 16.2 Å². The predicted octanol–water partition coefficient (Wildman–Crippen LogP) is 1.08. The number of rotatable bonds is 16. The summed E-state index contributed by atoms with van der Waals surface area (Å²) in [5, 5.41) is 56.1. The van der Waals surface area contributed by atoms with Gasteiger partial charge in [0.25, 0.3) is 0 Å². The Morgan fingerprint density at radius 3 is 1.61 bits per heavy atom. The zero-order chi connectivity index (χ0) is 32.1. The zero-order valence-corrected chi connectivity index (χ0v) is 24.8. The molecule has 11 heteroatoms. The maximum absolute atomic E-state index is 11.0. The van der Waals surface area contributed by atoms with Gasteiger partial charge in [0.15, 0.2) is 0 Å². The molecule has 0 unspecified atom stereocenters. The Labute approximate surface area is 243 Å². The first-order valence-electron chi connectivity index (χ1n) is 12.9. The number of hydrogen-bond acceptors (Lipinski definition) is 10. The summed E-state index contributed by atoms with van der Waals surface area (Å²) in [7, 11) is 0.